The molecular formula is C52H30N2O2. The maximum Gasteiger partial charge on any atom is 0.160 e. The van der Waals surface area contributed by atoms with Gasteiger partial charge in [0.2, 0.25) is 0 Å². The van der Waals surface area contributed by atoms with E-state index in [1.165, 1.54) is 16.2 Å². The summed E-state index contributed by atoms with van der Waals surface area (Å²) in [4.78, 5) is 10.6. The Hall–Kier alpha value is -7.56. The van der Waals surface area contributed by atoms with Crippen molar-refractivity contribution in [2.75, 3.05) is 0 Å². The average Bonchev–Trinajstić information content (AvgIpc) is 3.85. The van der Waals surface area contributed by atoms with E-state index < -0.39 is 0 Å². The van der Waals surface area contributed by atoms with Crippen molar-refractivity contribution in [3.63, 3.8) is 0 Å². The zero-order valence-electron chi connectivity index (χ0n) is 30.0. The zero-order valence-corrected chi connectivity index (χ0v) is 30.0. The van der Waals surface area contributed by atoms with Crippen LogP contribution in [0, 0.1) is 0 Å². The fourth-order valence-electron chi connectivity index (χ4n) is 8.66. The number of nitrogens with zero attached hydrogens (tertiary/aromatic N) is 2. The van der Waals surface area contributed by atoms with Gasteiger partial charge >= 0.3 is 0 Å². The van der Waals surface area contributed by atoms with Crippen LogP contribution in [-0.2, 0) is 0 Å². The Bertz CT molecular complexity index is 3540. The lowest BCUT2D eigenvalue weighted by Gasteiger charge is -2.13. The van der Waals surface area contributed by atoms with E-state index in [0.717, 1.165) is 99.2 Å². The Morgan fingerprint density at radius 3 is 1.91 bits per heavy atom. The minimum Gasteiger partial charge on any atom is -0.456 e. The van der Waals surface area contributed by atoms with Gasteiger partial charge in [-0.25, -0.2) is 9.97 Å². The molecule has 0 aliphatic rings. The van der Waals surface area contributed by atoms with Crippen molar-refractivity contribution in [3.05, 3.63) is 182 Å². The molecule has 0 unspecified atom stereocenters. The molecule has 9 aromatic carbocycles. The maximum atomic E-state index is 6.98. The van der Waals surface area contributed by atoms with Gasteiger partial charge in [0.15, 0.2) is 5.82 Å². The molecule has 0 aliphatic heterocycles. The number of hydrogen-bond acceptors (Lipinski definition) is 4. The molecule has 12 aromatic rings. The molecular weight excluding hydrogens is 685 g/mol. The van der Waals surface area contributed by atoms with Gasteiger partial charge in [0.1, 0.15) is 22.3 Å². The number of benzene rings is 9. The van der Waals surface area contributed by atoms with Gasteiger partial charge in [0.25, 0.3) is 0 Å². The van der Waals surface area contributed by atoms with Crippen LogP contribution >= 0.6 is 0 Å². The molecule has 12 rings (SSSR count). The molecule has 0 spiro atoms. The molecule has 0 N–H and O–H groups in total. The first-order valence-electron chi connectivity index (χ1n) is 18.9. The van der Waals surface area contributed by atoms with Crippen LogP contribution in [0.15, 0.2) is 191 Å². The molecule has 0 saturated heterocycles. The number of fused-ring (bicyclic) bond motifs is 11. The molecule has 0 saturated carbocycles. The lowest BCUT2D eigenvalue weighted by atomic mass is 9.95. The highest BCUT2D eigenvalue weighted by atomic mass is 16.3. The van der Waals surface area contributed by atoms with E-state index in [9.17, 15) is 0 Å². The Morgan fingerprint density at radius 2 is 1.00 bits per heavy atom. The molecule has 56 heavy (non-hydrogen) atoms. The topological polar surface area (TPSA) is 52.1 Å². The number of rotatable bonds is 4. The Kier molecular flexibility index (Phi) is 6.60. The number of hydrogen-bond donors (Lipinski definition) is 0. The van der Waals surface area contributed by atoms with E-state index in [1.807, 2.05) is 24.3 Å². The van der Waals surface area contributed by atoms with E-state index >= 15 is 0 Å². The van der Waals surface area contributed by atoms with Crippen molar-refractivity contribution in [3.8, 4) is 45.0 Å². The van der Waals surface area contributed by atoms with Crippen LogP contribution in [0.4, 0.5) is 0 Å². The molecule has 4 nitrogen and oxygen atoms in total. The zero-order chi connectivity index (χ0) is 36.7. The summed E-state index contributed by atoms with van der Waals surface area (Å²) >= 11 is 0. The number of aromatic nitrogens is 2. The van der Waals surface area contributed by atoms with Crippen LogP contribution in [0.2, 0.25) is 0 Å². The summed E-state index contributed by atoms with van der Waals surface area (Å²) in [5, 5.41) is 11.2. The third kappa shape index (κ3) is 4.66. The van der Waals surface area contributed by atoms with Crippen LogP contribution in [0.1, 0.15) is 0 Å². The smallest absolute Gasteiger partial charge is 0.160 e. The fourth-order valence-corrected chi connectivity index (χ4v) is 8.66. The highest BCUT2D eigenvalue weighted by Crippen LogP contribution is 2.44. The Morgan fingerprint density at radius 1 is 0.321 bits per heavy atom. The van der Waals surface area contributed by atoms with Gasteiger partial charge in [-0.15, -0.1) is 0 Å². The standard InChI is InChI=1S/C52H30N2O2/c1-2-12-32(13-3-1)45-30-46(44-28-33-14-4-5-15-35(33)36-16-6-7-17-37(36)44)54-52(53-45)34-25-24-31-26-27-41-40-21-10-20-39(50(40)56-51(41)43(31)29-34)38-19-11-23-48-49(38)42-18-8-9-22-47(42)55-48/h1-30H. The van der Waals surface area contributed by atoms with Crippen LogP contribution in [0.5, 0.6) is 0 Å². The van der Waals surface area contributed by atoms with E-state index in [2.05, 4.69) is 158 Å². The van der Waals surface area contributed by atoms with Gasteiger partial charge in [-0.3, -0.25) is 0 Å². The normalized spacial score (nSPS) is 11.9. The van der Waals surface area contributed by atoms with Crippen molar-refractivity contribution in [1.82, 2.24) is 9.97 Å². The van der Waals surface area contributed by atoms with Crippen molar-refractivity contribution < 1.29 is 8.83 Å². The minimum absolute atomic E-state index is 0.660. The first-order chi connectivity index (χ1) is 27.7. The first kappa shape index (κ1) is 30.9. The predicted molar refractivity (Wildman–Crippen MR) is 231 cm³/mol. The second kappa shape index (κ2) is 12.0. The fraction of sp³-hybridized carbons (Fsp3) is 0. The first-order valence-corrected chi connectivity index (χ1v) is 18.9. The Labute approximate surface area is 320 Å². The van der Waals surface area contributed by atoms with Gasteiger partial charge in [-0.05, 0) is 68.9 Å². The molecule has 0 bridgehead atoms. The van der Waals surface area contributed by atoms with E-state index in [0.29, 0.717) is 5.82 Å². The average molecular weight is 715 g/mol. The number of para-hydroxylation sites is 2. The summed E-state index contributed by atoms with van der Waals surface area (Å²) in [6.07, 6.45) is 0. The largest absolute Gasteiger partial charge is 0.456 e. The van der Waals surface area contributed by atoms with Gasteiger partial charge in [0, 0.05) is 49.2 Å². The van der Waals surface area contributed by atoms with E-state index in [-0.39, 0.29) is 0 Å². The molecule has 0 aliphatic carbocycles. The molecule has 0 amide bonds. The van der Waals surface area contributed by atoms with Gasteiger partial charge in [0.05, 0.1) is 11.4 Å². The quantitative estimate of drug-likeness (QED) is 0.170. The van der Waals surface area contributed by atoms with Gasteiger partial charge in [-0.2, -0.15) is 0 Å². The van der Waals surface area contributed by atoms with Crippen LogP contribution < -0.4 is 0 Å². The van der Waals surface area contributed by atoms with Crippen LogP contribution in [0.25, 0.3) is 121 Å². The molecule has 3 aromatic heterocycles. The van der Waals surface area contributed by atoms with E-state index in [1.54, 1.807) is 0 Å². The summed E-state index contributed by atoms with van der Waals surface area (Å²) in [6.45, 7) is 0. The van der Waals surface area contributed by atoms with Crippen molar-refractivity contribution in [2.45, 2.75) is 0 Å². The lowest BCUT2D eigenvalue weighted by Crippen LogP contribution is -1.97. The maximum absolute atomic E-state index is 6.98. The second-order valence-corrected chi connectivity index (χ2v) is 14.5. The summed E-state index contributed by atoms with van der Waals surface area (Å²) in [5.41, 5.74) is 10.3. The summed E-state index contributed by atoms with van der Waals surface area (Å²) < 4.78 is 13.3. The summed E-state index contributed by atoms with van der Waals surface area (Å²) in [7, 11) is 0. The second-order valence-electron chi connectivity index (χ2n) is 14.5. The molecule has 3 heterocycles. The molecule has 260 valence electrons. The van der Waals surface area contributed by atoms with Crippen LogP contribution in [0.3, 0.4) is 0 Å². The third-order valence-corrected chi connectivity index (χ3v) is 11.3. The van der Waals surface area contributed by atoms with Gasteiger partial charge < -0.3 is 8.83 Å². The SMILES string of the molecule is c1ccc(-c2cc(-c3cc4ccccc4c4ccccc34)nc(-c3ccc4ccc5c6cccc(-c7cccc8oc9ccccc9c78)c6oc5c4c3)n2)cc1. The molecule has 4 heteroatoms. The minimum atomic E-state index is 0.660. The van der Waals surface area contributed by atoms with Crippen molar-refractivity contribution >= 4 is 76.2 Å². The van der Waals surface area contributed by atoms with Crippen molar-refractivity contribution in [2.24, 2.45) is 0 Å². The van der Waals surface area contributed by atoms with Crippen LogP contribution in [-0.4, -0.2) is 9.97 Å². The lowest BCUT2D eigenvalue weighted by molar-refractivity contribution is 0.669. The van der Waals surface area contributed by atoms with Gasteiger partial charge in [-0.1, -0.05) is 146 Å². The summed E-state index contributed by atoms with van der Waals surface area (Å²) in [6, 6.07) is 63.7. The molecule has 0 fully saturated rings. The monoisotopic (exact) mass is 714 g/mol. The molecule has 0 radical (unpaired) electrons. The van der Waals surface area contributed by atoms with Crippen molar-refractivity contribution in [1.29, 1.82) is 0 Å². The molecule has 0 atom stereocenters. The highest BCUT2D eigenvalue weighted by Gasteiger charge is 2.20. The number of furan rings is 2. The highest BCUT2D eigenvalue weighted by molar-refractivity contribution is 6.20. The summed E-state index contributed by atoms with van der Waals surface area (Å²) in [5.74, 6) is 0.660. The predicted octanol–water partition coefficient (Wildman–Crippen LogP) is 14.4. The Balaban J connectivity index is 1.08. The van der Waals surface area contributed by atoms with E-state index in [4.69, 9.17) is 18.8 Å². The third-order valence-electron chi connectivity index (χ3n) is 11.3.